The van der Waals surface area contributed by atoms with Gasteiger partial charge in [-0.3, -0.25) is 9.78 Å². The molecule has 1 aromatic carbocycles. The molecule has 6 nitrogen and oxygen atoms in total. The predicted octanol–water partition coefficient (Wildman–Crippen LogP) is 3.24. The van der Waals surface area contributed by atoms with E-state index in [1.54, 1.807) is 35.8 Å². The Morgan fingerprint density at radius 1 is 1.12 bits per heavy atom. The van der Waals surface area contributed by atoms with Crippen LogP contribution in [0.2, 0.25) is 0 Å². The van der Waals surface area contributed by atoms with E-state index in [9.17, 15) is 9.59 Å². The van der Waals surface area contributed by atoms with Gasteiger partial charge in [-0.25, -0.2) is 9.78 Å². The molecule has 3 rings (SSSR count). The summed E-state index contributed by atoms with van der Waals surface area (Å²) in [5, 5.41) is 5.00. The van der Waals surface area contributed by atoms with Gasteiger partial charge in [0.2, 0.25) is 0 Å². The molecule has 0 aliphatic heterocycles. The number of hydrogen-bond donors (Lipinski definition) is 1. The number of nitrogens with zero attached hydrogens (tertiary/aromatic N) is 2. The predicted molar refractivity (Wildman–Crippen MR) is 91.1 cm³/mol. The Morgan fingerprint density at radius 3 is 2.67 bits per heavy atom. The summed E-state index contributed by atoms with van der Waals surface area (Å²) in [5.74, 6) is -0.914. The highest BCUT2D eigenvalue weighted by Crippen LogP contribution is 2.23. The van der Waals surface area contributed by atoms with E-state index in [1.165, 1.54) is 18.4 Å². The van der Waals surface area contributed by atoms with Crippen LogP contribution >= 0.6 is 11.3 Å². The third-order valence-corrected chi connectivity index (χ3v) is 4.07. The molecule has 2 heterocycles. The number of anilines is 1. The maximum atomic E-state index is 12.4. The average Bonchev–Trinajstić information content (AvgIpc) is 3.12. The third kappa shape index (κ3) is 3.31. The second-order valence-electron chi connectivity index (χ2n) is 4.74. The van der Waals surface area contributed by atoms with Crippen molar-refractivity contribution in [1.29, 1.82) is 0 Å². The van der Waals surface area contributed by atoms with E-state index in [0.717, 1.165) is 0 Å². The van der Waals surface area contributed by atoms with Crippen LogP contribution in [0.3, 0.4) is 0 Å². The second kappa shape index (κ2) is 7.01. The van der Waals surface area contributed by atoms with Crippen molar-refractivity contribution in [1.82, 2.24) is 9.97 Å². The molecule has 2 aromatic heterocycles. The molecule has 7 heteroatoms. The summed E-state index contributed by atoms with van der Waals surface area (Å²) < 4.78 is 4.71. The Labute approximate surface area is 142 Å². The molecule has 0 saturated heterocycles. The highest BCUT2D eigenvalue weighted by Gasteiger charge is 2.16. The van der Waals surface area contributed by atoms with Crippen molar-refractivity contribution in [2.75, 3.05) is 12.4 Å². The van der Waals surface area contributed by atoms with E-state index >= 15 is 0 Å². The quantitative estimate of drug-likeness (QED) is 0.738. The lowest BCUT2D eigenvalue weighted by Crippen LogP contribution is -2.15. The number of carbonyl (C=O) groups excluding carboxylic acids is 2. The van der Waals surface area contributed by atoms with Crippen molar-refractivity contribution in [3.8, 4) is 10.7 Å². The maximum Gasteiger partial charge on any atom is 0.339 e. The molecule has 0 unspecified atom stereocenters. The van der Waals surface area contributed by atoms with E-state index in [4.69, 9.17) is 4.74 Å². The zero-order valence-corrected chi connectivity index (χ0v) is 13.5. The van der Waals surface area contributed by atoms with Gasteiger partial charge in [0.15, 0.2) is 0 Å². The third-order valence-electron chi connectivity index (χ3n) is 3.20. The zero-order chi connectivity index (χ0) is 16.9. The molecule has 0 atom stereocenters. The number of benzene rings is 1. The lowest BCUT2D eigenvalue weighted by molar-refractivity contribution is 0.0602. The van der Waals surface area contributed by atoms with Crippen molar-refractivity contribution in [2.45, 2.75) is 0 Å². The Hall–Kier alpha value is -3.06. The van der Waals surface area contributed by atoms with Gasteiger partial charge in [0.1, 0.15) is 10.7 Å². The average molecular weight is 339 g/mol. The van der Waals surface area contributed by atoms with E-state index < -0.39 is 11.9 Å². The molecule has 0 spiro atoms. The fraction of sp³-hybridized carbons (Fsp3) is 0.0588. The fourth-order valence-corrected chi connectivity index (χ4v) is 2.83. The lowest BCUT2D eigenvalue weighted by atomic mass is 10.2. The van der Waals surface area contributed by atoms with E-state index in [0.29, 0.717) is 16.4 Å². The maximum absolute atomic E-state index is 12.4. The minimum Gasteiger partial charge on any atom is -0.465 e. The summed E-state index contributed by atoms with van der Waals surface area (Å²) in [6.07, 6.45) is 1.67. The summed E-state index contributed by atoms with van der Waals surface area (Å²) in [4.78, 5) is 32.6. The monoisotopic (exact) mass is 339 g/mol. The number of nitrogens with one attached hydrogen (secondary N) is 1. The summed E-state index contributed by atoms with van der Waals surface area (Å²) in [7, 11) is 1.29. The smallest absolute Gasteiger partial charge is 0.339 e. The fourth-order valence-electron chi connectivity index (χ4n) is 2.05. The highest BCUT2D eigenvalue weighted by atomic mass is 32.1. The first-order chi connectivity index (χ1) is 11.7. The number of aromatic nitrogens is 2. The minimum absolute atomic E-state index is 0.264. The van der Waals surface area contributed by atoms with Crippen LogP contribution in [-0.2, 0) is 4.74 Å². The van der Waals surface area contributed by atoms with E-state index in [2.05, 4.69) is 15.3 Å². The molecule has 0 radical (unpaired) electrons. The normalized spacial score (nSPS) is 10.2. The minimum atomic E-state index is -0.515. The van der Waals surface area contributed by atoms with Gasteiger partial charge >= 0.3 is 5.97 Å². The summed E-state index contributed by atoms with van der Waals surface area (Å²) >= 11 is 1.33. The van der Waals surface area contributed by atoms with Gasteiger partial charge in [0, 0.05) is 11.6 Å². The van der Waals surface area contributed by atoms with Gasteiger partial charge in [-0.15, -0.1) is 11.3 Å². The number of rotatable bonds is 4. The molecule has 1 N–H and O–H groups in total. The van der Waals surface area contributed by atoms with Gasteiger partial charge in [-0.05, 0) is 24.3 Å². The molecule has 24 heavy (non-hydrogen) atoms. The van der Waals surface area contributed by atoms with Gasteiger partial charge in [-0.1, -0.05) is 18.2 Å². The first kappa shape index (κ1) is 15.8. The van der Waals surface area contributed by atoms with Crippen molar-refractivity contribution in [2.24, 2.45) is 0 Å². The first-order valence-corrected chi connectivity index (χ1v) is 7.92. The lowest BCUT2D eigenvalue weighted by Gasteiger charge is -2.08. The Morgan fingerprint density at radius 2 is 1.92 bits per heavy atom. The second-order valence-corrected chi connectivity index (χ2v) is 5.60. The highest BCUT2D eigenvalue weighted by molar-refractivity contribution is 7.13. The summed E-state index contributed by atoms with van der Waals surface area (Å²) in [6.45, 7) is 0. The Kier molecular flexibility index (Phi) is 4.62. The van der Waals surface area contributed by atoms with Crippen molar-refractivity contribution in [3.05, 3.63) is 65.3 Å². The SMILES string of the molecule is COC(=O)c1ccccc1NC(=O)c1csc(-c2ccccn2)n1. The van der Waals surface area contributed by atoms with Gasteiger partial charge < -0.3 is 10.1 Å². The standard InChI is InChI=1S/C17H13N3O3S/c1-23-17(22)11-6-2-3-7-12(11)19-15(21)14-10-24-16(20-14)13-8-4-5-9-18-13/h2-10H,1H3,(H,19,21). The Bertz CT molecular complexity index is 878. The Balaban J connectivity index is 1.82. The molecule has 0 saturated carbocycles. The van der Waals surface area contributed by atoms with Crippen LogP contribution in [0.15, 0.2) is 54.0 Å². The van der Waals surface area contributed by atoms with Crippen LogP contribution in [0, 0.1) is 0 Å². The molecular weight excluding hydrogens is 326 g/mol. The van der Waals surface area contributed by atoms with Crippen LogP contribution in [0.1, 0.15) is 20.8 Å². The van der Waals surface area contributed by atoms with Crippen molar-refractivity contribution in [3.63, 3.8) is 0 Å². The van der Waals surface area contributed by atoms with Crippen LogP contribution in [-0.4, -0.2) is 29.0 Å². The van der Waals surface area contributed by atoms with Crippen LogP contribution in [0.25, 0.3) is 10.7 Å². The first-order valence-electron chi connectivity index (χ1n) is 7.04. The van der Waals surface area contributed by atoms with Crippen LogP contribution in [0.5, 0.6) is 0 Å². The largest absolute Gasteiger partial charge is 0.465 e. The summed E-state index contributed by atoms with van der Waals surface area (Å²) in [6, 6.07) is 12.1. The van der Waals surface area contributed by atoms with Crippen LogP contribution in [0.4, 0.5) is 5.69 Å². The molecule has 0 aliphatic carbocycles. The topological polar surface area (TPSA) is 81.2 Å². The molecule has 120 valence electrons. The number of para-hydroxylation sites is 1. The number of ether oxygens (including phenoxy) is 1. The van der Waals surface area contributed by atoms with Gasteiger partial charge in [0.25, 0.3) is 5.91 Å². The molecule has 1 amide bonds. The van der Waals surface area contributed by atoms with E-state index in [1.807, 2.05) is 18.2 Å². The van der Waals surface area contributed by atoms with Crippen LogP contribution < -0.4 is 5.32 Å². The van der Waals surface area contributed by atoms with Gasteiger partial charge in [0.05, 0.1) is 24.1 Å². The van der Waals surface area contributed by atoms with Gasteiger partial charge in [-0.2, -0.15) is 0 Å². The number of amides is 1. The molecule has 0 bridgehead atoms. The number of methoxy groups -OCH3 is 1. The summed E-state index contributed by atoms with van der Waals surface area (Å²) in [5.41, 5.74) is 1.63. The molecule has 0 fully saturated rings. The van der Waals surface area contributed by atoms with E-state index in [-0.39, 0.29) is 11.3 Å². The molecule has 3 aromatic rings. The number of esters is 1. The molecular formula is C17H13N3O3S. The van der Waals surface area contributed by atoms with Crippen molar-refractivity contribution >= 4 is 28.9 Å². The van der Waals surface area contributed by atoms with Crippen molar-refractivity contribution < 1.29 is 14.3 Å². The number of thiazole rings is 1. The number of carbonyl (C=O) groups is 2. The zero-order valence-electron chi connectivity index (χ0n) is 12.7. The molecule has 0 aliphatic rings. The number of pyridine rings is 1. The number of hydrogen-bond acceptors (Lipinski definition) is 6.